The Balaban J connectivity index is 2.61. The van der Waals surface area contributed by atoms with Gasteiger partial charge in [0.15, 0.2) is 0 Å². The Hall–Kier alpha value is -1.58. The maximum atomic E-state index is 10.8. The van der Waals surface area contributed by atoms with Gasteiger partial charge in [0.2, 0.25) is 6.10 Å². The topological polar surface area (TPSA) is 52.6 Å². The van der Waals surface area contributed by atoms with Crippen LogP contribution in [0, 0.1) is 0 Å². The van der Waals surface area contributed by atoms with E-state index in [-0.39, 0.29) is 6.61 Å². The van der Waals surface area contributed by atoms with Crippen LogP contribution in [0.5, 0.6) is 0 Å². The molecule has 1 saturated heterocycles. The van der Waals surface area contributed by atoms with E-state index in [1.807, 2.05) is 0 Å². The van der Waals surface area contributed by atoms with E-state index in [0.717, 1.165) is 6.08 Å². The number of cyclic esters (lactones) is 1. The second-order valence-electron chi connectivity index (χ2n) is 2.29. The highest BCUT2D eigenvalue weighted by Gasteiger charge is 2.33. The summed E-state index contributed by atoms with van der Waals surface area (Å²) in [6.07, 6.45) is 0.0364. The monoisotopic (exact) mass is 168 g/mol. The second kappa shape index (κ2) is 3.21. The number of esters is 2. The molecule has 1 atom stereocenters. The van der Waals surface area contributed by atoms with E-state index in [1.165, 1.54) is 0 Å². The van der Waals surface area contributed by atoms with E-state index < -0.39 is 18.0 Å². The smallest absolute Gasteiger partial charge is 0.352 e. The number of carbonyl (C=O) groups excluding carboxylic acids is 2. The van der Waals surface area contributed by atoms with Gasteiger partial charge in [0.05, 0.1) is 0 Å². The molecule has 4 nitrogen and oxygen atoms in total. The normalized spacial score (nSPS) is 21.8. The first-order valence-electron chi connectivity index (χ1n) is 3.32. The molecule has 64 valence electrons. The molecule has 0 bridgehead atoms. The summed E-state index contributed by atoms with van der Waals surface area (Å²) in [4.78, 5) is 21.5. The average Bonchev–Trinajstić information content (AvgIpc) is 2.35. The van der Waals surface area contributed by atoms with E-state index in [2.05, 4.69) is 22.6 Å². The Kier molecular flexibility index (Phi) is 2.28. The highest BCUT2D eigenvalue weighted by atomic mass is 16.6. The standard InChI is InChI=1S/C8H8O4/c1-3-6(9)12-7-5(2)4-11-8(7)10/h3,7H,1-2,4H2. The largest absolute Gasteiger partial charge is 0.458 e. The van der Waals surface area contributed by atoms with E-state index in [4.69, 9.17) is 0 Å². The molecule has 1 unspecified atom stereocenters. The van der Waals surface area contributed by atoms with Crippen molar-refractivity contribution in [3.8, 4) is 0 Å². The van der Waals surface area contributed by atoms with Gasteiger partial charge >= 0.3 is 11.9 Å². The molecule has 0 radical (unpaired) electrons. The Labute approximate surface area is 69.5 Å². The highest BCUT2D eigenvalue weighted by molar-refractivity contribution is 5.88. The van der Waals surface area contributed by atoms with Crippen molar-refractivity contribution in [3.63, 3.8) is 0 Å². The molecule has 0 saturated carbocycles. The zero-order chi connectivity index (χ0) is 9.14. The molecule has 1 aliphatic heterocycles. The summed E-state index contributed by atoms with van der Waals surface area (Å²) in [6.45, 7) is 6.83. The van der Waals surface area contributed by atoms with Crippen molar-refractivity contribution in [2.45, 2.75) is 6.10 Å². The molecule has 12 heavy (non-hydrogen) atoms. The summed E-state index contributed by atoms with van der Waals surface area (Å²) >= 11 is 0. The molecule has 0 aromatic heterocycles. The van der Waals surface area contributed by atoms with Crippen LogP contribution in [0.15, 0.2) is 24.8 Å². The summed E-state index contributed by atoms with van der Waals surface area (Å²) < 4.78 is 9.23. The Morgan fingerprint density at radius 1 is 1.75 bits per heavy atom. The van der Waals surface area contributed by atoms with Crippen molar-refractivity contribution >= 4 is 11.9 Å². The van der Waals surface area contributed by atoms with Crippen LogP contribution in [0.1, 0.15) is 0 Å². The molecule has 1 rings (SSSR count). The Morgan fingerprint density at radius 3 is 2.83 bits per heavy atom. The lowest BCUT2D eigenvalue weighted by molar-refractivity contribution is -0.155. The Bertz CT molecular complexity index is 238. The minimum atomic E-state index is -0.949. The van der Waals surface area contributed by atoms with Gasteiger partial charge in [0.1, 0.15) is 6.61 Å². The molecule has 4 heteroatoms. The maximum Gasteiger partial charge on any atom is 0.352 e. The van der Waals surface area contributed by atoms with Crippen LogP contribution >= 0.6 is 0 Å². The van der Waals surface area contributed by atoms with Crippen molar-refractivity contribution in [3.05, 3.63) is 24.8 Å². The molecule has 0 amide bonds. The zero-order valence-corrected chi connectivity index (χ0v) is 6.41. The van der Waals surface area contributed by atoms with E-state index >= 15 is 0 Å². The minimum absolute atomic E-state index is 0.119. The molecule has 0 spiro atoms. The van der Waals surface area contributed by atoms with Gasteiger partial charge in [0, 0.05) is 11.6 Å². The fourth-order valence-electron chi connectivity index (χ4n) is 0.778. The van der Waals surface area contributed by atoms with Crippen molar-refractivity contribution in [1.82, 2.24) is 0 Å². The summed E-state index contributed by atoms with van der Waals surface area (Å²) in [6, 6.07) is 0. The fourth-order valence-corrected chi connectivity index (χ4v) is 0.778. The quantitative estimate of drug-likeness (QED) is 0.335. The molecular weight excluding hydrogens is 160 g/mol. The van der Waals surface area contributed by atoms with Crippen LogP contribution < -0.4 is 0 Å². The van der Waals surface area contributed by atoms with E-state index in [0.29, 0.717) is 5.57 Å². The number of ether oxygens (including phenoxy) is 2. The van der Waals surface area contributed by atoms with Gasteiger partial charge in [-0.3, -0.25) is 0 Å². The van der Waals surface area contributed by atoms with Crippen LogP contribution in [0.2, 0.25) is 0 Å². The molecule has 1 aliphatic rings. The summed E-state index contributed by atoms with van der Waals surface area (Å²) in [5.74, 6) is -1.23. The van der Waals surface area contributed by atoms with Crippen LogP contribution in [0.25, 0.3) is 0 Å². The van der Waals surface area contributed by atoms with Crippen LogP contribution in [0.4, 0.5) is 0 Å². The Morgan fingerprint density at radius 2 is 2.42 bits per heavy atom. The molecular formula is C8H8O4. The predicted octanol–water partition coefficient (Wildman–Crippen LogP) is 0.197. The number of carbonyl (C=O) groups is 2. The molecule has 0 N–H and O–H groups in total. The van der Waals surface area contributed by atoms with Gasteiger partial charge in [-0.1, -0.05) is 13.2 Å². The van der Waals surface area contributed by atoms with Crippen molar-refractivity contribution < 1.29 is 19.1 Å². The third kappa shape index (κ3) is 1.53. The van der Waals surface area contributed by atoms with E-state index in [1.54, 1.807) is 0 Å². The lowest BCUT2D eigenvalue weighted by atomic mass is 10.2. The number of hydrogen-bond acceptors (Lipinski definition) is 4. The first-order valence-corrected chi connectivity index (χ1v) is 3.32. The first-order chi connectivity index (χ1) is 5.65. The summed E-state index contributed by atoms with van der Waals surface area (Å²) in [7, 11) is 0. The van der Waals surface area contributed by atoms with Crippen LogP contribution in [-0.2, 0) is 19.1 Å². The minimum Gasteiger partial charge on any atom is -0.458 e. The number of rotatable bonds is 2. The van der Waals surface area contributed by atoms with Gasteiger partial charge in [-0.25, -0.2) is 9.59 Å². The van der Waals surface area contributed by atoms with Crippen molar-refractivity contribution in [2.75, 3.05) is 6.61 Å². The van der Waals surface area contributed by atoms with Gasteiger partial charge in [-0.05, 0) is 0 Å². The van der Waals surface area contributed by atoms with E-state index in [9.17, 15) is 9.59 Å². The van der Waals surface area contributed by atoms with Gasteiger partial charge in [-0.2, -0.15) is 0 Å². The summed E-state index contributed by atoms with van der Waals surface area (Å²) in [5, 5.41) is 0. The lowest BCUT2D eigenvalue weighted by Gasteiger charge is -2.05. The van der Waals surface area contributed by atoms with Gasteiger partial charge < -0.3 is 9.47 Å². The van der Waals surface area contributed by atoms with Crippen LogP contribution in [-0.4, -0.2) is 24.6 Å². The lowest BCUT2D eigenvalue weighted by Crippen LogP contribution is -2.22. The van der Waals surface area contributed by atoms with Crippen LogP contribution in [0.3, 0.4) is 0 Å². The molecule has 0 aliphatic carbocycles. The van der Waals surface area contributed by atoms with Crippen molar-refractivity contribution in [2.24, 2.45) is 0 Å². The summed E-state index contributed by atoms with van der Waals surface area (Å²) in [5.41, 5.74) is 0.454. The highest BCUT2D eigenvalue weighted by Crippen LogP contribution is 2.15. The third-order valence-electron chi connectivity index (χ3n) is 1.39. The number of hydrogen-bond donors (Lipinski definition) is 0. The molecule has 1 fully saturated rings. The third-order valence-corrected chi connectivity index (χ3v) is 1.39. The molecule has 0 aromatic rings. The average molecular weight is 168 g/mol. The van der Waals surface area contributed by atoms with Gasteiger partial charge in [0.25, 0.3) is 0 Å². The second-order valence-corrected chi connectivity index (χ2v) is 2.29. The SMILES string of the molecule is C=CC(=O)OC1C(=C)COC1=O. The fraction of sp³-hybridized carbons (Fsp3) is 0.250. The first kappa shape index (κ1) is 8.52. The maximum absolute atomic E-state index is 10.8. The predicted molar refractivity (Wildman–Crippen MR) is 40.2 cm³/mol. The van der Waals surface area contributed by atoms with Gasteiger partial charge in [-0.15, -0.1) is 0 Å². The zero-order valence-electron chi connectivity index (χ0n) is 6.41. The molecule has 0 aromatic carbocycles. The van der Waals surface area contributed by atoms with Crippen molar-refractivity contribution in [1.29, 1.82) is 0 Å². The molecule has 1 heterocycles.